The maximum absolute atomic E-state index is 13.7. The van der Waals surface area contributed by atoms with E-state index >= 15 is 0 Å². The third-order valence-electron chi connectivity index (χ3n) is 4.26. The lowest BCUT2D eigenvalue weighted by atomic mass is 10.2. The number of anilines is 2. The quantitative estimate of drug-likeness (QED) is 0.552. The van der Waals surface area contributed by atoms with Crippen molar-refractivity contribution in [1.29, 1.82) is 0 Å². The van der Waals surface area contributed by atoms with Gasteiger partial charge >= 0.3 is 0 Å². The van der Waals surface area contributed by atoms with Gasteiger partial charge in [0.2, 0.25) is 5.91 Å². The first-order valence-electron chi connectivity index (χ1n) is 9.21. The molecular formula is C21H19F2N3O4S. The molecule has 0 radical (unpaired) electrons. The van der Waals surface area contributed by atoms with E-state index in [0.29, 0.717) is 29.1 Å². The lowest BCUT2D eigenvalue weighted by Gasteiger charge is -2.09. The molecule has 0 saturated heterocycles. The Kier molecular flexibility index (Phi) is 6.50. The highest BCUT2D eigenvalue weighted by atomic mass is 32.2. The van der Waals surface area contributed by atoms with Gasteiger partial charge in [0.05, 0.1) is 10.6 Å². The molecule has 10 heteroatoms. The van der Waals surface area contributed by atoms with E-state index < -0.39 is 27.3 Å². The Morgan fingerprint density at radius 2 is 1.84 bits per heavy atom. The van der Waals surface area contributed by atoms with Crippen LogP contribution in [0.3, 0.4) is 0 Å². The standard InChI is InChI=1S/C21H19F2N3O4S/c1-3-20(27)24-21-13(2)25-30-19(21)11-6-14-4-8-16(9-5-14)31(28,29)26-18-12-15(22)7-10-17(18)23/h4-12,26H,3H2,1-2H3,(H,24,27). The number of benzene rings is 2. The number of hydrogen-bond acceptors (Lipinski definition) is 5. The van der Waals surface area contributed by atoms with Gasteiger partial charge in [0.15, 0.2) is 5.76 Å². The van der Waals surface area contributed by atoms with E-state index in [-0.39, 0.29) is 10.8 Å². The molecule has 2 N–H and O–H groups in total. The van der Waals surface area contributed by atoms with Crippen molar-refractivity contribution < 1.29 is 26.5 Å². The fraction of sp³-hybridized carbons (Fsp3) is 0.143. The predicted molar refractivity (Wildman–Crippen MR) is 113 cm³/mol. The van der Waals surface area contributed by atoms with Crippen LogP contribution in [0.25, 0.3) is 12.2 Å². The van der Waals surface area contributed by atoms with Gasteiger partial charge in [-0.15, -0.1) is 0 Å². The summed E-state index contributed by atoms with van der Waals surface area (Å²) in [6.07, 6.45) is 3.55. The lowest BCUT2D eigenvalue weighted by molar-refractivity contribution is -0.115. The predicted octanol–water partition coefficient (Wildman–Crippen LogP) is 4.58. The van der Waals surface area contributed by atoms with Gasteiger partial charge in [-0.25, -0.2) is 17.2 Å². The first-order valence-corrected chi connectivity index (χ1v) is 10.7. The van der Waals surface area contributed by atoms with Gasteiger partial charge in [-0.2, -0.15) is 0 Å². The summed E-state index contributed by atoms with van der Waals surface area (Å²) < 4.78 is 59.2. The Hall–Kier alpha value is -3.53. The molecule has 0 aliphatic heterocycles. The summed E-state index contributed by atoms with van der Waals surface area (Å²) in [5.74, 6) is -1.49. The average Bonchev–Trinajstić information content (AvgIpc) is 3.08. The third-order valence-corrected chi connectivity index (χ3v) is 5.65. The first kappa shape index (κ1) is 22.2. The molecule has 1 aromatic heterocycles. The van der Waals surface area contributed by atoms with E-state index in [1.54, 1.807) is 26.0 Å². The summed E-state index contributed by atoms with van der Waals surface area (Å²) in [6.45, 7) is 3.42. The van der Waals surface area contributed by atoms with Crippen LogP contribution in [-0.4, -0.2) is 19.5 Å². The second kappa shape index (κ2) is 9.09. The smallest absolute Gasteiger partial charge is 0.261 e. The molecule has 0 atom stereocenters. The molecule has 0 aliphatic carbocycles. The zero-order chi connectivity index (χ0) is 22.6. The lowest BCUT2D eigenvalue weighted by Crippen LogP contribution is -2.14. The molecule has 31 heavy (non-hydrogen) atoms. The monoisotopic (exact) mass is 447 g/mol. The van der Waals surface area contributed by atoms with Gasteiger partial charge in [-0.1, -0.05) is 30.3 Å². The van der Waals surface area contributed by atoms with Crippen molar-refractivity contribution >= 4 is 39.5 Å². The fourth-order valence-electron chi connectivity index (χ4n) is 2.59. The van der Waals surface area contributed by atoms with Crippen LogP contribution in [0.2, 0.25) is 0 Å². The van der Waals surface area contributed by atoms with Crippen LogP contribution in [0.1, 0.15) is 30.4 Å². The van der Waals surface area contributed by atoms with Crippen LogP contribution in [0, 0.1) is 18.6 Å². The van der Waals surface area contributed by atoms with Crippen molar-refractivity contribution in [1.82, 2.24) is 5.16 Å². The highest BCUT2D eigenvalue weighted by Gasteiger charge is 2.17. The number of carbonyl (C=O) groups is 1. The van der Waals surface area contributed by atoms with E-state index in [2.05, 4.69) is 10.5 Å². The molecular weight excluding hydrogens is 428 g/mol. The summed E-state index contributed by atoms with van der Waals surface area (Å²) >= 11 is 0. The normalized spacial score (nSPS) is 11.6. The highest BCUT2D eigenvalue weighted by Crippen LogP contribution is 2.24. The molecule has 0 aliphatic rings. The Bertz CT molecular complexity index is 1240. The van der Waals surface area contributed by atoms with Crippen molar-refractivity contribution in [2.24, 2.45) is 0 Å². The molecule has 0 bridgehead atoms. The van der Waals surface area contributed by atoms with Crippen LogP contribution in [-0.2, 0) is 14.8 Å². The SMILES string of the molecule is CCC(=O)Nc1c(C)noc1C=Cc1ccc(S(=O)(=O)Nc2cc(F)ccc2F)cc1. The van der Waals surface area contributed by atoms with Gasteiger partial charge in [0.1, 0.15) is 23.0 Å². The number of rotatable bonds is 7. The summed E-state index contributed by atoms with van der Waals surface area (Å²) in [5.41, 5.74) is 1.14. The minimum Gasteiger partial charge on any atom is -0.354 e. The molecule has 7 nitrogen and oxygen atoms in total. The van der Waals surface area contributed by atoms with Gasteiger partial charge in [0.25, 0.3) is 10.0 Å². The van der Waals surface area contributed by atoms with E-state index in [9.17, 15) is 22.0 Å². The molecule has 162 valence electrons. The number of carbonyl (C=O) groups excluding carboxylic acids is 1. The van der Waals surface area contributed by atoms with E-state index in [1.807, 2.05) is 4.72 Å². The molecule has 0 saturated carbocycles. The van der Waals surface area contributed by atoms with Gasteiger partial charge in [-0.3, -0.25) is 9.52 Å². The summed E-state index contributed by atoms with van der Waals surface area (Å²) in [6, 6.07) is 8.20. The number of aromatic nitrogens is 1. The van der Waals surface area contributed by atoms with Crippen molar-refractivity contribution in [3.8, 4) is 0 Å². The second-order valence-corrected chi connectivity index (χ2v) is 8.22. The third kappa shape index (κ3) is 5.34. The van der Waals surface area contributed by atoms with Crippen molar-refractivity contribution in [2.75, 3.05) is 10.0 Å². The van der Waals surface area contributed by atoms with Crippen LogP contribution in [0.4, 0.5) is 20.2 Å². The Labute approximate surface area is 177 Å². The largest absolute Gasteiger partial charge is 0.354 e. The van der Waals surface area contributed by atoms with Crippen molar-refractivity contribution in [3.05, 3.63) is 71.1 Å². The summed E-state index contributed by atoms with van der Waals surface area (Å²) in [7, 11) is -4.11. The first-order chi connectivity index (χ1) is 14.7. The topological polar surface area (TPSA) is 101 Å². The number of sulfonamides is 1. The van der Waals surface area contributed by atoms with E-state index in [0.717, 1.165) is 18.2 Å². The minimum atomic E-state index is -4.11. The molecule has 1 heterocycles. The van der Waals surface area contributed by atoms with Crippen LogP contribution >= 0.6 is 0 Å². The molecule has 3 rings (SSSR count). The zero-order valence-electron chi connectivity index (χ0n) is 16.6. The van der Waals surface area contributed by atoms with Crippen LogP contribution < -0.4 is 10.0 Å². The highest BCUT2D eigenvalue weighted by molar-refractivity contribution is 7.92. The number of halogens is 2. The van der Waals surface area contributed by atoms with Gasteiger partial charge < -0.3 is 9.84 Å². The number of hydrogen-bond donors (Lipinski definition) is 2. The second-order valence-electron chi connectivity index (χ2n) is 6.54. The molecule has 0 fully saturated rings. The number of aryl methyl sites for hydroxylation is 1. The average molecular weight is 447 g/mol. The summed E-state index contributed by atoms with van der Waals surface area (Å²) in [4.78, 5) is 11.5. The zero-order valence-corrected chi connectivity index (χ0v) is 17.5. The molecule has 3 aromatic rings. The van der Waals surface area contributed by atoms with Crippen molar-refractivity contribution in [2.45, 2.75) is 25.2 Å². The van der Waals surface area contributed by atoms with Gasteiger partial charge in [0, 0.05) is 12.5 Å². The van der Waals surface area contributed by atoms with Gasteiger partial charge in [-0.05, 0) is 42.8 Å². The summed E-state index contributed by atoms with van der Waals surface area (Å²) in [5, 5.41) is 6.54. The molecule has 2 aromatic carbocycles. The number of amides is 1. The number of nitrogens with one attached hydrogen (secondary N) is 2. The minimum absolute atomic E-state index is 0.125. The Morgan fingerprint density at radius 1 is 1.13 bits per heavy atom. The Balaban J connectivity index is 1.77. The fourth-order valence-corrected chi connectivity index (χ4v) is 3.65. The van der Waals surface area contributed by atoms with E-state index in [1.165, 1.54) is 24.3 Å². The van der Waals surface area contributed by atoms with Crippen LogP contribution in [0.5, 0.6) is 0 Å². The van der Waals surface area contributed by atoms with Crippen LogP contribution in [0.15, 0.2) is 51.9 Å². The van der Waals surface area contributed by atoms with Crippen molar-refractivity contribution in [3.63, 3.8) is 0 Å². The maximum atomic E-state index is 13.7. The molecule has 0 spiro atoms. The molecule has 1 amide bonds. The number of nitrogens with zero attached hydrogens (tertiary/aromatic N) is 1. The van der Waals surface area contributed by atoms with E-state index in [4.69, 9.17) is 4.52 Å². The maximum Gasteiger partial charge on any atom is 0.261 e. The molecule has 0 unspecified atom stereocenters. The Morgan fingerprint density at radius 3 is 2.52 bits per heavy atom.